The third-order valence-electron chi connectivity index (χ3n) is 3.96. The van der Waals surface area contributed by atoms with Crippen LogP contribution in [0.3, 0.4) is 0 Å². The molecule has 0 radical (unpaired) electrons. The number of nitrogens with one attached hydrogen (secondary N) is 1. The van der Waals surface area contributed by atoms with Crippen LogP contribution in [0.15, 0.2) is 48.5 Å². The van der Waals surface area contributed by atoms with Crippen LogP contribution in [0, 0.1) is 5.82 Å². The minimum Gasteiger partial charge on any atom is -0.481 e. The number of carboxylic acid groups (broad SMARTS) is 1. The van der Waals surface area contributed by atoms with Gasteiger partial charge in [-0.15, -0.1) is 0 Å². The molecule has 0 saturated heterocycles. The van der Waals surface area contributed by atoms with Crippen LogP contribution in [0.1, 0.15) is 27.4 Å². The zero-order chi connectivity index (χ0) is 19.6. The minimum absolute atomic E-state index is 0.0120. The van der Waals surface area contributed by atoms with Crippen molar-refractivity contribution >= 4 is 11.9 Å². The van der Waals surface area contributed by atoms with Gasteiger partial charge in [0.1, 0.15) is 5.82 Å². The van der Waals surface area contributed by atoms with Crippen LogP contribution < -0.4 is 5.32 Å². The molecule has 2 rings (SSSR count). The number of benzene rings is 2. The monoisotopic (exact) mass is 375 g/mol. The number of rotatable bonds is 10. The standard InChI is InChI=1S/C20H22FNO5/c1-26-9-10-27-13-16-11-15(7-8-18(16)21)19(23)22-12-17(20(24)25)14-5-3-2-4-6-14/h2-8,11,17H,9-10,12-13H2,1H3,(H,22,23)(H,24,25). The fourth-order valence-electron chi connectivity index (χ4n) is 2.48. The Kier molecular flexibility index (Phi) is 7.91. The number of ether oxygens (including phenoxy) is 2. The first kappa shape index (κ1) is 20.5. The molecule has 0 fully saturated rings. The summed E-state index contributed by atoms with van der Waals surface area (Å²) in [5.41, 5.74) is 1.08. The molecule has 0 spiro atoms. The molecule has 144 valence electrons. The predicted molar refractivity (Wildman–Crippen MR) is 97.1 cm³/mol. The summed E-state index contributed by atoms with van der Waals surface area (Å²) in [6.07, 6.45) is 0. The third-order valence-corrected chi connectivity index (χ3v) is 3.96. The van der Waals surface area contributed by atoms with Gasteiger partial charge in [-0.3, -0.25) is 9.59 Å². The summed E-state index contributed by atoms with van der Waals surface area (Å²) < 4.78 is 24.0. The lowest BCUT2D eigenvalue weighted by molar-refractivity contribution is -0.138. The van der Waals surface area contributed by atoms with E-state index in [1.54, 1.807) is 30.3 Å². The van der Waals surface area contributed by atoms with Gasteiger partial charge in [0.15, 0.2) is 0 Å². The van der Waals surface area contributed by atoms with Gasteiger partial charge in [0.05, 0.1) is 25.7 Å². The Balaban J connectivity index is 2.01. The highest BCUT2D eigenvalue weighted by Gasteiger charge is 2.21. The first-order valence-corrected chi connectivity index (χ1v) is 8.44. The van der Waals surface area contributed by atoms with Crippen molar-refractivity contribution in [2.24, 2.45) is 0 Å². The van der Waals surface area contributed by atoms with Crippen LogP contribution in [-0.2, 0) is 20.9 Å². The number of aliphatic carboxylic acids is 1. The molecule has 1 unspecified atom stereocenters. The number of carboxylic acids is 1. The fraction of sp³-hybridized carbons (Fsp3) is 0.300. The molecular weight excluding hydrogens is 353 g/mol. The molecule has 1 atom stereocenters. The Hall–Kier alpha value is -2.77. The normalized spacial score (nSPS) is 11.8. The zero-order valence-electron chi connectivity index (χ0n) is 15.0. The number of amides is 1. The summed E-state index contributed by atoms with van der Waals surface area (Å²) in [6.45, 7) is 0.634. The molecule has 0 bridgehead atoms. The van der Waals surface area contributed by atoms with Crippen LogP contribution in [0.5, 0.6) is 0 Å². The van der Waals surface area contributed by atoms with Gasteiger partial charge in [-0.1, -0.05) is 30.3 Å². The summed E-state index contributed by atoms with van der Waals surface area (Å²) in [5, 5.41) is 12.0. The van der Waals surface area contributed by atoms with E-state index < -0.39 is 23.6 Å². The van der Waals surface area contributed by atoms with E-state index in [-0.39, 0.29) is 24.3 Å². The topological polar surface area (TPSA) is 84.9 Å². The Labute approximate surface area is 156 Å². The van der Waals surface area contributed by atoms with Gasteiger partial charge < -0.3 is 19.9 Å². The minimum atomic E-state index is -1.03. The quantitative estimate of drug-likeness (QED) is 0.624. The molecular formula is C20H22FNO5. The number of halogens is 1. The number of hydrogen-bond donors (Lipinski definition) is 2. The SMILES string of the molecule is COCCOCc1cc(C(=O)NCC(C(=O)O)c2ccccc2)ccc1F. The highest BCUT2D eigenvalue weighted by molar-refractivity contribution is 5.94. The smallest absolute Gasteiger partial charge is 0.312 e. The van der Waals surface area contributed by atoms with E-state index in [4.69, 9.17) is 9.47 Å². The van der Waals surface area contributed by atoms with Crippen LogP contribution >= 0.6 is 0 Å². The molecule has 0 aromatic heterocycles. The van der Waals surface area contributed by atoms with Gasteiger partial charge in [0, 0.05) is 24.8 Å². The van der Waals surface area contributed by atoms with E-state index in [0.29, 0.717) is 18.8 Å². The van der Waals surface area contributed by atoms with Crippen molar-refractivity contribution in [1.29, 1.82) is 0 Å². The van der Waals surface area contributed by atoms with E-state index in [1.807, 2.05) is 0 Å². The molecule has 2 aromatic rings. The lowest BCUT2D eigenvalue weighted by Gasteiger charge is -2.14. The molecule has 0 heterocycles. The highest BCUT2D eigenvalue weighted by Crippen LogP contribution is 2.16. The van der Waals surface area contributed by atoms with Crippen molar-refractivity contribution in [2.75, 3.05) is 26.9 Å². The summed E-state index contributed by atoms with van der Waals surface area (Å²) in [6, 6.07) is 12.6. The summed E-state index contributed by atoms with van der Waals surface area (Å²) in [4.78, 5) is 23.8. The number of carbonyl (C=O) groups is 2. The second kappa shape index (κ2) is 10.4. The highest BCUT2D eigenvalue weighted by atomic mass is 19.1. The lowest BCUT2D eigenvalue weighted by Crippen LogP contribution is -2.31. The van der Waals surface area contributed by atoms with Gasteiger partial charge in [-0.05, 0) is 23.8 Å². The van der Waals surface area contributed by atoms with E-state index in [2.05, 4.69) is 5.32 Å². The molecule has 0 saturated carbocycles. The predicted octanol–water partition coefficient (Wildman–Crippen LogP) is 2.59. The maximum atomic E-state index is 13.9. The van der Waals surface area contributed by atoms with Crippen molar-refractivity contribution in [2.45, 2.75) is 12.5 Å². The van der Waals surface area contributed by atoms with Crippen LogP contribution in [0.4, 0.5) is 4.39 Å². The van der Waals surface area contributed by atoms with Crippen LogP contribution in [0.2, 0.25) is 0 Å². The molecule has 27 heavy (non-hydrogen) atoms. The first-order chi connectivity index (χ1) is 13.0. The molecule has 0 aliphatic rings. The second-order valence-corrected chi connectivity index (χ2v) is 5.86. The molecule has 2 aromatic carbocycles. The van der Waals surface area contributed by atoms with E-state index in [1.165, 1.54) is 25.3 Å². The van der Waals surface area contributed by atoms with Crippen molar-refractivity contribution in [3.8, 4) is 0 Å². The molecule has 6 nitrogen and oxygen atoms in total. The molecule has 2 N–H and O–H groups in total. The number of hydrogen-bond acceptors (Lipinski definition) is 4. The maximum absolute atomic E-state index is 13.9. The molecule has 0 aliphatic heterocycles. The van der Waals surface area contributed by atoms with Crippen molar-refractivity contribution < 1.29 is 28.6 Å². The zero-order valence-corrected chi connectivity index (χ0v) is 15.0. The largest absolute Gasteiger partial charge is 0.481 e. The summed E-state index contributed by atoms with van der Waals surface area (Å²) >= 11 is 0. The van der Waals surface area contributed by atoms with Crippen LogP contribution in [0.25, 0.3) is 0 Å². The summed E-state index contributed by atoms with van der Waals surface area (Å²) in [5.74, 6) is -2.85. The van der Waals surface area contributed by atoms with E-state index >= 15 is 0 Å². The van der Waals surface area contributed by atoms with E-state index in [0.717, 1.165) is 0 Å². The second-order valence-electron chi connectivity index (χ2n) is 5.86. The average molecular weight is 375 g/mol. The maximum Gasteiger partial charge on any atom is 0.312 e. The molecule has 7 heteroatoms. The third kappa shape index (κ3) is 6.16. The molecule has 0 aliphatic carbocycles. The molecule has 1 amide bonds. The lowest BCUT2D eigenvalue weighted by atomic mass is 9.99. The van der Waals surface area contributed by atoms with Gasteiger partial charge in [-0.25, -0.2) is 4.39 Å². The van der Waals surface area contributed by atoms with Gasteiger partial charge in [0.2, 0.25) is 0 Å². The number of methoxy groups -OCH3 is 1. The first-order valence-electron chi connectivity index (χ1n) is 8.44. The Morgan fingerprint density at radius 2 is 1.89 bits per heavy atom. The van der Waals surface area contributed by atoms with Crippen LogP contribution in [-0.4, -0.2) is 43.9 Å². The Morgan fingerprint density at radius 1 is 1.15 bits per heavy atom. The van der Waals surface area contributed by atoms with E-state index in [9.17, 15) is 19.1 Å². The van der Waals surface area contributed by atoms with Gasteiger partial charge >= 0.3 is 5.97 Å². The number of carbonyl (C=O) groups excluding carboxylic acids is 1. The van der Waals surface area contributed by atoms with Crippen molar-refractivity contribution in [1.82, 2.24) is 5.32 Å². The Bertz CT molecular complexity index is 766. The van der Waals surface area contributed by atoms with Gasteiger partial charge in [-0.2, -0.15) is 0 Å². The Morgan fingerprint density at radius 3 is 2.56 bits per heavy atom. The van der Waals surface area contributed by atoms with Crippen molar-refractivity contribution in [3.05, 3.63) is 71.0 Å². The fourth-order valence-corrected chi connectivity index (χ4v) is 2.48. The average Bonchev–Trinajstić information content (AvgIpc) is 2.67. The van der Waals surface area contributed by atoms with Crippen molar-refractivity contribution in [3.63, 3.8) is 0 Å². The van der Waals surface area contributed by atoms with Gasteiger partial charge in [0.25, 0.3) is 5.91 Å². The summed E-state index contributed by atoms with van der Waals surface area (Å²) in [7, 11) is 1.54.